The van der Waals surface area contributed by atoms with E-state index >= 15 is 0 Å². The van der Waals surface area contributed by atoms with Crippen LogP contribution in [0.2, 0.25) is 0 Å². The Kier molecular flexibility index (Phi) is 7.41. The van der Waals surface area contributed by atoms with Gasteiger partial charge in [0, 0.05) is 30.8 Å². The molecule has 2 aromatic heterocycles. The molecule has 0 aliphatic heterocycles. The molecular formula is C24H24ClN5O2. The number of amides is 1. The molecule has 1 amide bonds. The van der Waals surface area contributed by atoms with Crippen molar-refractivity contribution in [3.63, 3.8) is 0 Å². The summed E-state index contributed by atoms with van der Waals surface area (Å²) >= 11 is 0. The fourth-order valence-electron chi connectivity index (χ4n) is 3.93. The average molecular weight is 450 g/mol. The zero-order valence-corrected chi connectivity index (χ0v) is 18.2. The van der Waals surface area contributed by atoms with Crippen molar-refractivity contribution in [3.05, 3.63) is 83.8 Å². The lowest BCUT2D eigenvalue weighted by atomic mass is 9.80. The predicted octanol–water partition coefficient (Wildman–Crippen LogP) is 4.07. The van der Waals surface area contributed by atoms with E-state index in [4.69, 9.17) is 0 Å². The Bertz CT molecular complexity index is 1100. The van der Waals surface area contributed by atoms with Crippen molar-refractivity contribution in [2.75, 3.05) is 10.6 Å². The summed E-state index contributed by atoms with van der Waals surface area (Å²) in [6.45, 7) is 0.524. The van der Waals surface area contributed by atoms with Crippen LogP contribution in [0.25, 0.3) is 0 Å². The van der Waals surface area contributed by atoms with Crippen molar-refractivity contribution < 1.29 is 9.90 Å². The molecule has 0 bridgehead atoms. The van der Waals surface area contributed by atoms with Gasteiger partial charge in [-0.1, -0.05) is 12.1 Å². The molecule has 3 aromatic rings. The van der Waals surface area contributed by atoms with Crippen molar-refractivity contribution in [1.29, 1.82) is 5.26 Å². The quantitative estimate of drug-likeness (QED) is 0.523. The van der Waals surface area contributed by atoms with Crippen LogP contribution in [0, 0.1) is 11.3 Å². The van der Waals surface area contributed by atoms with Gasteiger partial charge in [0.1, 0.15) is 5.82 Å². The minimum absolute atomic E-state index is 0. The molecule has 32 heavy (non-hydrogen) atoms. The van der Waals surface area contributed by atoms with Crippen LogP contribution in [0.4, 0.5) is 11.5 Å². The first-order valence-corrected chi connectivity index (χ1v) is 10.2. The summed E-state index contributed by atoms with van der Waals surface area (Å²) in [5.74, 6) is 0.223. The van der Waals surface area contributed by atoms with E-state index in [1.165, 1.54) is 0 Å². The van der Waals surface area contributed by atoms with E-state index in [1.54, 1.807) is 42.9 Å². The van der Waals surface area contributed by atoms with Gasteiger partial charge in [0.05, 0.1) is 23.2 Å². The number of nitrogens with zero attached hydrogens (tertiary/aromatic N) is 3. The fraction of sp³-hybridized carbons (Fsp3) is 0.250. The molecule has 1 aliphatic carbocycles. The Morgan fingerprint density at radius 2 is 1.91 bits per heavy atom. The Hall–Kier alpha value is -3.47. The van der Waals surface area contributed by atoms with Gasteiger partial charge in [-0.2, -0.15) is 5.26 Å². The Morgan fingerprint density at radius 3 is 2.56 bits per heavy atom. The lowest BCUT2D eigenvalue weighted by molar-refractivity contribution is 0.102. The summed E-state index contributed by atoms with van der Waals surface area (Å²) in [6, 6.07) is 16.9. The van der Waals surface area contributed by atoms with Crippen LogP contribution in [-0.2, 0) is 12.0 Å². The summed E-state index contributed by atoms with van der Waals surface area (Å²) in [5, 5.41) is 25.6. The van der Waals surface area contributed by atoms with Crippen LogP contribution in [-0.4, -0.2) is 27.1 Å². The third kappa shape index (κ3) is 5.05. The monoisotopic (exact) mass is 449 g/mol. The van der Waals surface area contributed by atoms with Crippen molar-refractivity contribution in [2.45, 2.75) is 37.3 Å². The van der Waals surface area contributed by atoms with Gasteiger partial charge in [-0.25, -0.2) is 4.98 Å². The number of carbonyl (C=O) groups is 1. The number of aromatic nitrogens is 2. The molecule has 1 saturated carbocycles. The molecule has 2 heterocycles. The second kappa shape index (κ2) is 10.2. The zero-order chi connectivity index (χ0) is 21.7. The fourth-order valence-corrected chi connectivity index (χ4v) is 3.93. The summed E-state index contributed by atoms with van der Waals surface area (Å²) < 4.78 is 0. The lowest BCUT2D eigenvalue weighted by Gasteiger charge is -2.21. The Balaban J connectivity index is 0.00000289. The van der Waals surface area contributed by atoms with E-state index in [2.05, 4.69) is 26.7 Å². The maximum Gasteiger partial charge on any atom is 0.259 e. The Labute approximate surface area is 192 Å². The second-order valence-corrected chi connectivity index (χ2v) is 7.73. The van der Waals surface area contributed by atoms with Crippen LogP contribution in [0.5, 0.6) is 0 Å². The van der Waals surface area contributed by atoms with Gasteiger partial charge in [-0.3, -0.25) is 9.78 Å². The van der Waals surface area contributed by atoms with Gasteiger partial charge in [-0.15, -0.1) is 12.4 Å². The van der Waals surface area contributed by atoms with Gasteiger partial charge < -0.3 is 15.7 Å². The number of aliphatic hydroxyl groups is 1. The number of hydrogen-bond acceptors (Lipinski definition) is 6. The highest BCUT2D eigenvalue weighted by Gasteiger charge is 2.40. The molecule has 164 valence electrons. The normalized spacial score (nSPS) is 19.4. The molecule has 1 aliphatic rings. The van der Waals surface area contributed by atoms with Gasteiger partial charge in [0.15, 0.2) is 0 Å². The molecule has 8 heteroatoms. The number of hydrogen-bond donors (Lipinski definition) is 3. The minimum atomic E-state index is -0.657. The number of rotatable bonds is 6. The Morgan fingerprint density at radius 1 is 1.16 bits per heavy atom. The van der Waals surface area contributed by atoms with Gasteiger partial charge in [0.2, 0.25) is 0 Å². The minimum Gasteiger partial charge on any atom is -0.393 e. The first-order chi connectivity index (χ1) is 15.1. The number of halogens is 1. The molecule has 2 atom stereocenters. The van der Waals surface area contributed by atoms with Gasteiger partial charge in [-0.05, 0) is 66.8 Å². The van der Waals surface area contributed by atoms with E-state index in [9.17, 15) is 15.2 Å². The third-order valence-electron chi connectivity index (χ3n) is 5.66. The average Bonchev–Trinajstić information content (AvgIpc) is 3.21. The number of nitrogens with one attached hydrogen (secondary N) is 2. The molecular weight excluding hydrogens is 426 g/mol. The van der Waals surface area contributed by atoms with Crippen LogP contribution < -0.4 is 10.6 Å². The third-order valence-corrected chi connectivity index (χ3v) is 5.66. The zero-order valence-electron chi connectivity index (χ0n) is 17.4. The highest BCUT2D eigenvalue weighted by atomic mass is 35.5. The lowest BCUT2D eigenvalue weighted by Crippen LogP contribution is -2.21. The molecule has 7 nitrogen and oxygen atoms in total. The summed E-state index contributed by atoms with van der Waals surface area (Å²) in [7, 11) is 0. The highest BCUT2D eigenvalue weighted by Crippen LogP contribution is 2.41. The van der Waals surface area contributed by atoms with Crippen molar-refractivity contribution >= 4 is 29.8 Å². The van der Waals surface area contributed by atoms with Crippen molar-refractivity contribution in [2.24, 2.45) is 0 Å². The molecule has 1 fully saturated rings. The van der Waals surface area contributed by atoms with Crippen LogP contribution in [0.15, 0.2) is 67.1 Å². The number of nitriles is 1. The molecule has 3 N–H and O–H groups in total. The molecule has 0 saturated heterocycles. The second-order valence-electron chi connectivity index (χ2n) is 7.73. The highest BCUT2D eigenvalue weighted by molar-refractivity contribution is 6.07. The smallest absolute Gasteiger partial charge is 0.259 e. The van der Waals surface area contributed by atoms with E-state index in [0.717, 1.165) is 11.1 Å². The van der Waals surface area contributed by atoms with E-state index in [0.29, 0.717) is 42.9 Å². The molecule has 0 radical (unpaired) electrons. The van der Waals surface area contributed by atoms with E-state index < -0.39 is 11.5 Å². The number of benzene rings is 1. The van der Waals surface area contributed by atoms with Gasteiger partial charge >= 0.3 is 0 Å². The van der Waals surface area contributed by atoms with Crippen LogP contribution in [0.3, 0.4) is 0 Å². The van der Waals surface area contributed by atoms with Crippen molar-refractivity contribution in [3.8, 4) is 6.07 Å². The molecule has 0 spiro atoms. The van der Waals surface area contributed by atoms with Crippen LogP contribution in [0.1, 0.15) is 40.7 Å². The number of carbonyl (C=O) groups excluding carboxylic acids is 1. The van der Waals surface area contributed by atoms with E-state index in [-0.39, 0.29) is 18.3 Å². The standard InChI is InChI=1S/C24H23N5O2.ClH/c25-16-24(10-7-20(30)14-24)18-3-5-19(6-4-18)29-23(31)21-2-1-11-27-22(21)28-15-17-8-12-26-13-9-17;/h1-6,8-9,11-13,20,30H,7,10,14-15H2,(H,27,28)(H,29,31);1H/t20-,24?;/m0./s1. The number of anilines is 2. The first-order valence-electron chi connectivity index (χ1n) is 10.2. The first kappa shape index (κ1) is 23.2. The maximum absolute atomic E-state index is 12.9. The topological polar surface area (TPSA) is 111 Å². The van der Waals surface area contributed by atoms with E-state index in [1.807, 2.05) is 24.3 Å². The molecule has 1 unspecified atom stereocenters. The summed E-state index contributed by atoms with van der Waals surface area (Å²) in [6.07, 6.45) is 6.34. The molecule has 4 rings (SSSR count). The summed E-state index contributed by atoms with van der Waals surface area (Å²) in [4.78, 5) is 21.2. The number of aliphatic hydroxyl groups excluding tert-OH is 1. The maximum atomic E-state index is 12.9. The SMILES string of the molecule is Cl.N#CC1(c2ccc(NC(=O)c3cccnc3NCc3ccncc3)cc2)CC[C@H](O)C1. The van der Waals surface area contributed by atoms with Crippen molar-refractivity contribution in [1.82, 2.24) is 9.97 Å². The predicted molar refractivity (Wildman–Crippen MR) is 125 cm³/mol. The van der Waals surface area contributed by atoms with Crippen LogP contribution >= 0.6 is 12.4 Å². The summed E-state index contributed by atoms with van der Waals surface area (Å²) in [5.41, 5.74) is 2.31. The number of pyridine rings is 2. The molecule has 1 aromatic carbocycles. The largest absolute Gasteiger partial charge is 0.393 e. The van der Waals surface area contributed by atoms with Gasteiger partial charge in [0.25, 0.3) is 5.91 Å².